The Balaban J connectivity index is 1.93. The number of nitrogens with zero attached hydrogens (tertiary/aromatic N) is 1. The molecule has 0 amide bonds. The largest absolute Gasteiger partial charge is 0.416 e. The molecule has 1 atom stereocenters. The lowest BCUT2D eigenvalue weighted by atomic mass is 10.1. The van der Waals surface area contributed by atoms with Crippen LogP contribution in [0, 0.1) is 10.1 Å². The Bertz CT molecular complexity index is 1040. The van der Waals surface area contributed by atoms with Crippen LogP contribution < -0.4 is 11.0 Å². The molecule has 0 bridgehead atoms. The molecular weight excluding hydrogens is 353 g/mol. The quantitative estimate of drug-likeness (QED) is 0.480. The number of halogens is 3. The molecular formula is C16H13F3N4O3. The van der Waals surface area contributed by atoms with Gasteiger partial charge in [0.05, 0.1) is 21.5 Å². The molecule has 3 aromatic rings. The second-order valence-corrected chi connectivity index (χ2v) is 5.74. The van der Waals surface area contributed by atoms with Crippen LogP contribution in [0.3, 0.4) is 0 Å². The van der Waals surface area contributed by atoms with E-state index in [1.54, 1.807) is 25.1 Å². The van der Waals surface area contributed by atoms with Gasteiger partial charge in [0, 0.05) is 12.1 Å². The van der Waals surface area contributed by atoms with Crippen LogP contribution in [-0.4, -0.2) is 14.9 Å². The Morgan fingerprint density at radius 1 is 1.12 bits per heavy atom. The highest BCUT2D eigenvalue weighted by Crippen LogP contribution is 2.36. The van der Waals surface area contributed by atoms with Gasteiger partial charge >= 0.3 is 11.9 Å². The minimum absolute atomic E-state index is 0.0295. The maximum atomic E-state index is 12.8. The van der Waals surface area contributed by atoms with Crippen LogP contribution in [0.4, 0.5) is 24.5 Å². The van der Waals surface area contributed by atoms with Crippen molar-refractivity contribution >= 4 is 22.4 Å². The van der Waals surface area contributed by atoms with E-state index in [9.17, 15) is 28.1 Å². The van der Waals surface area contributed by atoms with Gasteiger partial charge in [0.1, 0.15) is 5.69 Å². The normalized spacial score (nSPS) is 12.9. The zero-order valence-electron chi connectivity index (χ0n) is 13.3. The number of aromatic amines is 2. The average molecular weight is 366 g/mol. The predicted octanol–water partition coefficient (Wildman–Crippen LogP) is 3.96. The van der Waals surface area contributed by atoms with Crippen molar-refractivity contribution in [2.24, 2.45) is 0 Å². The van der Waals surface area contributed by atoms with Gasteiger partial charge in [0.25, 0.3) is 5.69 Å². The molecule has 0 spiro atoms. The zero-order chi connectivity index (χ0) is 19.1. The molecule has 0 aliphatic carbocycles. The molecule has 2 aromatic carbocycles. The van der Waals surface area contributed by atoms with E-state index in [0.29, 0.717) is 22.7 Å². The fourth-order valence-corrected chi connectivity index (χ4v) is 2.62. The van der Waals surface area contributed by atoms with E-state index in [-0.39, 0.29) is 11.4 Å². The summed E-state index contributed by atoms with van der Waals surface area (Å²) in [5, 5.41) is 14.0. The molecule has 0 saturated heterocycles. The van der Waals surface area contributed by atoms with Crippen LogP contribution in [0.15, 0.2) is 41.2 Å². The van der Waals surface area contributed by atoms with E-state index < -0.39 is 28.4 Å². The Kier molecular flexibility index (Phi) is 4.18. The number of anilines is 1. The Hall–Kier alpha value is -3.30. The molecule has 0 fully saturated rings. The predicted molar refractivity (Wildman–Crippen MR) is 89.1 cm³/mol. The Morgan fingerprint density at radius 3 is 2.46 bits per heavy atom. The van der Waals surface area contributed by atoms with Crippen LogP contribution >= 0.6 is 0 Å². The topological polar surface area (TPSA) is 104 Å². The van der Waals surface area contributed by atoms with Crippen LogP contribution in [0.2, 0.25) is 0 Å². The maximum absolute atomic E-state index is 12.8. The Labute approximate surface area is 144 Å². The number of imidazole rings is 1. The van der Waals surface area contributed by atoms with Gasteiger partial charge in [-0.15, -0.1) is 0 Å². The maximum Gasteiger partial charge on any atom is 0.416 e. The number of hydrogen-bond acceptors (Lipinski definition) is 4. The van der Waals surface area contributed by atoms with E-state index >= 15 is 0 Å². The van der Waals surface area contributed by atoms with Gasteiger partial charge in [0.2, 0.25) is 0 Å². The van der Waals surface area contributed by atoms with Crippen molar-refractivity contribution in [3.05, 3.63) is 68.1 Å². The molecule has 136 valence electrons. The summed E-state index contributed by atoms with van der Waals surface area (Å²) >= 11 is 0. The van der Waals surface area contributed by atoms with Crippen molar-refractivity contribution < 1.29 is 18.1 Å². The van der Waals surface area contributed by atoms with Crippen molar-refractivity contribution in [3.8, 4) is 0 Å². The highest BCUT2D eigenvalue weighted by atomic mass is 19.4. The van der Waals surface area contributed by atoms with Crippen LogP contribution in [0.1, 0.15) is 24.1 Å². The monoisotopic (exact) mass is 366 g/mol. The number of nitro groups is 1. The van der Waals surface area contributed by atoms with Crippen molar-refractivity contribution in [2.45, 2.75) is 19.1 Å². The summed E-state index contributed by atoms with van der Waals surface area (Å²) in [6.45, 7) is 1.70. The third-order valence-electron chi connectivity index (χ3n) is 3.93. The van der Waals surface area contributed by atoms with Crippen LogP contribution in [0.25, 0.3) is 11.0 Å². The zero-order valence-corrected chi connectivity index (χ0v) is 13.3. The van der Waals surface area contributed by atoms with Crippen LogP contribution in [-0.2, 0) is 6.18 Å². The second kappa shape index (κ2) is 6.21. The van der Waals surface area contributed by atoms with Crippen molar-refractivity contribution in [3.63, 3.8) is 0 Å². The molecule has 0 aliphatic rings. The number of alkyl halides is 3. The first kappa shape index (κ1) is 17.5. The molecule has 3 rings (SSSR count). The molecule has 26 heavy (non-hydrogen) atoms. The van der Waals surface area contributed by atoms with Gasteiger partial charge in [-0.3, -0.25) is 10.1 Å². The van der Waals surface area contributed by atoms with Crippen LogP contribution in [0.5, 0.6) is 0 Å². The molecule has 7 nitrogen and oxygen atoms in total. The first-order chi connectivity index (χ1) is 12.1. The molecule has 0 radical (unpaired) electrons. The van der Waals surface area contributed by atoms with E-state index in [1.165, 1.54) is 0 Å². The summed E-state index contributed by atoms with van der Waals surface area (Å²) in [6, 6.07) is 6.93. The highest BCUT2D eigenvalue weighted by Gasteiger charge is 2.33. The van der Waals surface area contributed by atoms with E-state index in [2.05, 4.69) is 15.3 Å². The summed E-state index contributed by atoms with van der Waals surface area (Å²) in [5.41, 5.74) is -0.290. The van der Waals surface area contributed by atoms with Crippen molar-refractivity contribution in [1.82, 2.24) is 9.97 Å². The second-order valence-electron chi connectivity index (χ2n) is 5.74. The van der Waals surface area contributed by atoms with E-state index in [4.69, 9.17) is 0 Å². The molecule has 0 aliphatic heterocycles. The summed E-state index contributed by atoms with van der Waals surface area (Å²) in [7, 11) is 0. The minimum Gasteiger partial charge on any atom is -0.373 e. The van der Waals surface area contributed by atoms with E-state index in [1.807, 2.05) is 0 Å². The average Bonchev–Trinajstić information content (AvgIpc) is 2.92. The number of nitro benzene ring substituents is 1. The lowest BCUT2D eigenvalue weighted by molar-refractivity contribution is -0.384. The molecule has 1 heterocycles. The first-order valence-corrected chi connectivity index (χ1v) is 7.49. The molecule has 3 N–H and O–H groups in total. The third-order valence-corrected chi connectivity index (χ3v) is 3.93. The number of rotatable bonds is 4. The molecule has 10 heteroatoms. The SMILES string of the molecule is CC(Nc1ccc(C(F)(F)F)cc1[N+](=O)[O-])c1ccc2[nH]c(=O)[nH]c2c1. The minimum atomic E-state index is -4.67. The number of H-pyrrole nitrogens is 2. The summed E-state index contributed by atoms with van der Waals surface area (Å²) < 4.78 is 38.3. The summed E-state index contributed by atoms with van der Waals surface area (Å²) in [4.78, 5) is 26.8. The van der Waals surface area contributed by atoms with Gasteiger partial charge in [-0.05, 0) is 36.8 Å². The number of nitrogens with one attached hydrogen (secondary N) is 3. The lowest BCUT2D eigenvalue weighted by Gasteiger charge is -2.17. The summed E-state index contributed by atoms with van der Waals surface area (Å²) in [5.74, 6) is 0. The third kappa shape index (κ3) is 3.39. The fourth-order valence-electron chi connectivity index (χ4n) is 2.62. The lowest BCUT2D eigenvalue weighted by Crippen LogP contribution is -2.10. The first-order valence-electron chi connectivity index (χ1n) is 7.49. The fraction of sp³-hybridized carbons (Fsp3) is 0.188. The van der Waals surface area contributed by atoms with Crippen molar-refractivity contribution in [2.75, 3.05) is 5.32 Å². The molecule has 0 saturated carbocycles. The summed E-state index contributed by atoms with van der Waals surface area (Å²) in [6.07, 6.45) is -4.67. The molecule has 1 aromatic heterocycles. The van der Waals surface area contributed by atoms with Gasteiger partial charge in [-0.1, -0.05) is 6.07 Å². The Morgan fingerprint density at radius 2 is 1.81 bits per heavy atom. The van der Waals surface area contributed by atoms with Gasteiger partial charge in [0.15, 0.2) is 0 Å². The van der Waals surface area contributed by atoms with E-state index in [0.717, 1.165) is 12.1 Å². The number of benzene rings is 2. The van der Waals surface area contributed by atoms with Gasteiger partial charge in [-0.25, -0.2) is 4.79 Å². The van der Waals surface area contributed by atoms with Gasteiger partial charge in [-0.2, -0.15) is 13.2 Å². The number of fused-ring (bicyclic) bond motifs is 1. The molecule has 1 unspecified atom stereocenters. The highest BCUT2D eigenvalue weighted by molar-refractivity contribution is 5.75. The number of aromatic nitrogens is 2. The van der Waals surface area contributed by atoms with Crippen molar-refractivity contribution in [1.29, 1.82) is 0 Å². The smallest absolute Gasteiger partial charge is 0.373 e. The number of hydrogen-bond donors (Lipinski definition) is 3. The van der Waals surface area contributed by atoms with Gasteiger partial charge < -0.3 is 15.3 Å². The standard InChI is InChI=1S/C16H13F3N4O3/c1-8(9-2-4-11-13(6-9)22-15(24)21-11)20-12-5-3-10(16(17,18)19)7-14(12)23(25)26/h2-8,20H,1H3,(H2,21,22,24).